The van der Waals surface area contributed by atoms with Crippen molar-refractivity contribution in [2.24, 2.45) is 46.0 Å². The number of rotatable bonds is 39. The van der Waals surface area contributed by atoms with E-state index in [1.54, 1.807) is 0 Å². The maximum Gasteiger partial charge on any atom is 0.0636 e. The lowest BCUT2D eigenvalue weighted by atomic mass is 9.61. The van der Waals surface area contributed by atoms with Gasteiger partial charge in [-0.1, -0.05) is 120 Å². The standard InChI is InChI=1S/C49H101N3O3/c1-10-13-15-16-17-18-19-20-21-22-35-52-36-23-26-41(4)46-28-27-42(5)49(46,9)47(55-39-25-34-51)40-43(6)48(8,31-29-44(7)53-37-14-11-2)32-30-45(12-3)54-38-24-33-50/h41-47,52H,10-40,50-51H2,1-9H3/t41-,42-,43-,44+,45+,46-,47+,48-,49+/m1/s1. The minimum Gasteiger partial charge on any atom is -0.379 e. The van der Waals surface area contributed by atoms with Gasteiger partial charge in [0.15, 0.2) is 0 Å². The number of unbranched alkanes of at least 4 members (excludes halogenated alkanes) is 10. The first-order valence-corrected chi connectivity index (χ1v) is 24.5. The van der Waals surface area contributed by atoms with Gasteiger partial charge in [0, 0.05) is 19.8 Å². The van der Waals surface area contributed by atoms with Gasteiger partial charge in [-0.3, -0.25) is 0 Å². The van der Waals surface area contributed by atoms with Gasteiger partial charge in [-0.05, 0) is 157 Å². The molecule has 9 atom stereocenters. The third kappa shape index (κ3) is 21.5. The molecule has 0 unspecified atom stereocenters. The van der Waals surface area contributed by atoms with Crippen LogP contribution in [-0.2, 0) is 14.2 Å². The molecule has 0 bridgehead atoms. The molecule has 1 aliphatic carbocycles. The molecule has 5 N–H and O–H groups in total. The van der Waals surface area contributed by atoms with E-state index in [0.717, 1.165) is 71.3 Å². The normalized spacial score (nSPS) is 22.7. The highest BCUT2D eigenvalue weighted by Crippen LogP contribution is 2.56. The molecule has 55 heavy (non-hydrogen) atoms. The largest absolute Gasteiger partial charge is 0.379 e. The Labute approximate surface area is 345 Å². The first-order valence-electron chi connectivity index (χ1n) is 24.5. The third-order valence-electron chi connectivity index (χ3n) is 14.5. The minimum atomic E-state index is 0.167. The fourth-order valence-electron chi connectivity index (χ4n) is 9.79. The van der Waals surface area contributed by atoms with Crippen molar-refractivity contribution >= 4 is 0 Å². The van der Waals surface area contributed by atoms with Gasteiger partial charge in [0.1, 0.15) is 0 Å². The first-order chi connectivity index (χ1) is 26.5. The summed E-state index contributed by atoms with van der Waals surface area (Å²) in [4.78, 5) is 0. The maximum absolute atomic E-state index is 7.06. The fraction of sp³-hybridized carbons (Fsp3) is 1.00. The molecule has 1 saturated carbocycles. The van der Waals surface area contributed by atoms with E-state index in [1.807, 2.05) is 0 Å². The summed E-state index contributed by atoms with van der Waals surface area (Å²) in [5.41, 5.74) is 12.2. The van der Waals surface area contributed by atoms with Crippen LogP contribution in [-0.4, -0.2) is 64.3 Å². The number of ether oxygens (including phenoxy) is 3. The van der Waals surface area contributed by atoms with Gasteiger partial charge in [0.05, 0.1) is 18.3 Å². The molecule has 0 amide bonds. The number of hydrogen-bond donors (Lipinski definition) is 3. The Morgan fingerprint density at radius 3 is 1.85 bits per heavy atom. The molecule has 330 valence electrons. The molecule has 1 aliphatic rings. The van der Waals surface area contributed by atoms with Gasteiger partial charge < -0.3 is 31.0 Å². The lowest BCUT2D eigenvalue weighted by Crippen LogP contribution is -2.46. The van der Waals surface area contributed by atoms with E-state index in [2.05, 4.69) is 67.6 Å². The lowest BCUT2D eigenvalue weighted by molar-refractivity contribution is -0.100. The van der Waals surface area contributed by atoms with Crippen molar-refractivity contribution in [3.05, 3.63) is 0 Å². The van der Waals surface area contributed by atoms with E-state index in [9.17, 15) is 0 Å². The van der Waals surface area contributed by atoms with E-state index in [1.165, 1.54) is 116 Å². The molecule has 0 radical (unpaired) electrons. The van der Waals surface area contributed by atoms with E-state index in [4.69, 9.17) is 25.7 Å². The van der Waals surface area contributed by atoms with Crippen LogP contribution in [0.15, 0.2) is 0 Å². The average molecular weight is 780 g/mol. The van der Waals surface area contributed by atoms with Crippen molar-refractivity contribution in [2.75, 3.05) is 46.0 Å². The Morgan fingerprint density at radius 2 is 1.24 bits per heavy atom. The second-order valence-electron chi connectivity index (χ2n) is 19.0. The quantitative estimate of drug-likeness (QED) is 0.0538. The SMILES string of the molecule is CCCCCCCCCCCCNCCC[C@@H](C)[C@H]1CC[C@@H](C)[C@]1(C)[C@H](C[C@@H](C)[C@@](C)(CC[C@H](CC)OCCCN)CC[C@H](C)OCCCC)OCCCN. The zero-order valence-corrected chi connectivity index (χ0v) is 38.8. The lowest BCUT2D eigenvalue weighted by Gasteiger charge is -2.48. The minimum absolute atomic E-state index is 0.167. The summed E-state index contributed by atoms with van der Waals surface area (Å²) in [6.07, 6.45) is 31.0. The second-order valence-corrected chi connectivity index (χ2v) is 19.0. The van der Waals surface area contributed by atoms with Gasteiger partial charge in [-0.2, -0.15) is 0 Å². The molecule has 1 rings (SSSR count). The van der Waals surface area contributed by atoms with Crippen LogP contribution in [0.2, 0.25) is 0 Å². The first kappa shape index (κ1) is 52.8. The molecule has 0 saturated heterocycles. The van der Waals surface area contributed by atoms with Crippen LogP contribution in [0.3, 0.4) is 0 Å². The molecule has 0 aromatic heterocycles. The molecule has 6 nitrogen and oxygen atoms in total. The summed E-state index contributed by atoms with van der Waals surface area (Å²) >= 11 is 0. The summed E-state index contributed by atoms with van der Waals surface area (Å²) in [5.74, 6) is 2.57. The number of hydrogen-bond acceptors (Lipinski definition) is 6. The van der Waals surface area contributed by atoms with Crippen LogP contribution >= 0.6 is 0 Å². The molecule has 6 heteroatoms. The topological polar surface area (TPSA) is 91.8 Å². The Kier molecular flexibility index (Phi) is 31.3. The average Bonchev–Trinajstić information content (AvgIpc) is 3.48. The second kappa shape index (κ2) is 32.6. The van der Waals surface area contributed by atoms with Gasteiger partial charge >= 0.3 is 0 Å². The van der Waals surface area contributed by atoms with E-state index in [-0.39, 0.29) is 16.9 Å². The molecule has 0 aromatic carbocycles. The monoisotopic (exact) mass is 780 g/mol. The maximum atomic E-state index is 7.06. The van der Waals surface area contributed by atoms with Crippen molar-refractivity contribution in [1.29, 1.82) is 0 Å². The Morgan fingerprint density at radius 1 is 0.673 bits per heavy atom. The number of nitrogens with two attached hydrogens (primary N) is 2. The molecule has 0 spiro atoms. The molecular formula is C49H101N3O3. The van der Waals surface area contributed by atoms with E-state index < -0.39 is 0 Å². The van der Waals surface area contributed by atoms with Crippen molar-refractivity contribution < 1.29 is 14.2 Å². The predicted octanol–water partition coefficient (Wildman–Crippen LogP) is 12.6. The van der Waals surface area contributed by atoms with E-state index in [0.29, 0.717) is 49.0 Å². The molecule has 0 aliphatic heterocycles. The van der Waals surface area contributed by atoms with Crippen molar-refractivity contribution in [3.63, 3.8) is 0 Å². The van der Waals surface area contributed by atoms with Crippen molar-refractivity contribution in [3.8, 4) is 0 Å². The molecular weight excluding hydrogens is 679 g/mol. The highest BCUT2D eigenvalue weighted by Gasteiger charge is 2.52. The van der Waals surface area contributed by atoms with Gasteiger partial charge in [-0.25, -0.2) is 0 Å². The summed E-state index contributed by atoms with van der Waals surface area (Å²) in [5, 5.41) is 3.80. The van der Waals surface area contributed by atoms with Crippen LogP contribution in [0.4, 0.5) is 0 Å². The zero-order chi connectivity index (χ0) is 40.8. The Balaban J connectivity index is 2.92. The van der Waals surface area contributed by atoms with Crippen LogP contribution in [0.1, 0.15) is 216 Å². The van der Waals surface area contributed by atoms with Crippen LogP contribution < -0.4 is 16.8 Å². The summed E-state index contributed by atoms with van der Waals surface area (Å²) in [6.45, 7) is 28.1. The zero-order valence-electron chi connectivity index (χ0n) is 38.8. The highest BCUT2D eigenvalue weighted by molar-refractivity contribution is 5.01. The van der Waals surface area contributed by atoms with Crippen LogP contribution in [0.25, 0.3) is 0 Å². The van der Waals surface area contributed by atoms with Crippen molar-refractivity contribution in [2.45, 2.75) is 235 Å². The number of nitrogens with one attached hydrogen (secondary N) is 1. The van der Waals surface area contributed by atoms with Gasteiger partial charge in [0.2, 0.25) is 0 Å². The smallest absolute Gasteiger partial charge is 0.0636 e. The van der Waals surface area contributed by atoms with Gasteiger partial charge in [-0.15, -0.1) is 0 Å². The third-order valence-corrected chi connectivity index (χ3v) is 14.5. The predicted molar refractivity (Wildman–Crippen MR) is 241 cm³/mol. The summed E-state index contributed by atoms with van der Waals surface area (Å²) in [7, 11) is 0. The van der Waals surface area contributed by atoms with Crippen LogP contribution in [0.5, 0.6) is 0 Å². The molecule has 1 fully saturated rings. The van der Waals surface area contributed by atoms with Gasteiger partial charge in [0.25, 0.3) is 0 Å². The summed E-state index contributed by atoms with van der Waals surface area (Å²) in [6, 6.07) is 0. The molecule has 0 heterocycles. The Bertz CT molecular complexity index is 861. The van der Waals surface area contributed by atoms with E-state index >= 15 is 0 Å². The van der Waals surface area contributed by atoms with Crippen LogP contribution in [0, 0.1) is 34.5 Å². The Hall–Kier alpha value is -0.240. The molecule has 0 aromatic rings. The summed E-state index contributed by atoms with van der Waals surface area (Å²) < 4.78 is 19.7. The van der Waals surface area contributed by atoms with Crippen molar-refractivity contribution in [1.82, 2.24) is 5.32 Å². The fourth-order valence-corrected chi connectivity index (χ4v) is 9.79. The highest BCUT2D eigenvalue weighted by atomic mass is 16.5.